The summed E-state index contributed by atoms with van der Waals surface area (Å²) in [6.45, 7) is 0.987. The zero-order valence-corrected chi connectivity index (χ0v) is 16.0. The SMILES string of the molecule is O=S(=O)(Nc1ccc(-c2cnc3n2CCC3)cc1)c1ccc2ccccc2c1. The Morgan fingerprint density at radius 1 is 0.929 bits per heavy atom. The highest BCUT2D eigenvalue weighted by molar-refractivity contribution is 7.92. The Hall–Kier alpha value is -3.12. The van der Waals surface area contributed by atoms with E-state index in [2.05, 4.69) is 14.3 Å². The van der Waals surface area contributed by atoms with Crippen LogP contribution in [0.15, 0.2) is 77.8 Å². The summed E-state index contributed by atoms with van der Waals surface area (Å²) in [6.07, 6.45) is 4.03. The second-order valence-electron chi connectivity index (χ2n) is 7.01. The molecular weight excluding hydrogens is 370 g/mol. The Morgan fingerprint density at radius 3 is 2.54 bits per heavy atom. The van der Waals surface area contributed by atoms with Crippen LogP contribution in [0.4, 0.5) is 5.69 Å². The van der Waals surface area contributed by atoms with Crippen molar-refractivity contribution in [1.29, 1.82) is 0 Å². The monoisotopic (exact) mass is 389 g/mol. The van der Waals surface area contributed by atoms with Crippen molar-refractivity contribution in [2.75, 3.05) is 4.72 Å². The average Bonchev–Trinajstić information content (AvgIpc) is 3.32. The molecule has 0 saturated carbocycles. The first-order chi connectivity index (χ1) is 13.6. The molecule has 0 spiro atoms. The largest absolute Gasteiger partial charge is 0.328 e. The number of hydrogen-bond acceptors (Lipinski definition) is 3. The van der Waals surface area contributed by atoms with Crippen LogP contribution in [0.5, 0.6) is 0 Å². The van der Waals surface area contributed by atoms with Crippen LogP contribution in [0.1, 0.15) is 12.2 Å². The van der Waals surface area contributed by atoms with Crippen LogP contribution < -0.4 is 4.72 Å². The summed E-state index contributed by atoms with van der Waals surface area (Å²) in [5, 5.41) is 1.91. The number of nitrogens with one attached hydrogen (secondary N) is 1. The lowest BCUT2D eigenvalue weighted by molar-refractivity contribution is 0.601. The summed E-state index contributed by atoms with van der Waals surface area (Å²) >= 11 is 0. The molecule has 2 heterocycles. The third-order valence-electron chi connectivity index (χ3n) is 5.18. The number of hydrogen-bond donors (Lipinski definition) is 1. The van der Waals surface area contributed by atoms with Crippen molar-refractivity contribution in [3.63, 3.8) is 0 Å². The smallest absolute Gasteiger partial charge is 0.261 e. The molecule has 4 aromatic rings. The summed E-state index contributed by atoms with van der Waals surface area (Å²) in [5.74, 6) is 1.12. The lowest BCUT2D eigenvalue weighted by Gasteiger charge is -2.10. The fourth-order valence-electron chi connectivity index (χ4n) is 3.75. The topological polar surface area (TPSA) is 64.0 Å². The molecule has 0 atom stereocenters. The Labute approximate surface area is 163 Å². The van der Waals surface area contributed by atoms with Crippen molar-refractivity contribution < 1.29 is 8.42 Å². The van der Waals surface area contributed by atoms with Gasteiger partial charge in [-0.2, -0.15) is 0 Å². The first kappa shape index (κ1) is 17.0. The molecule has 28 heavy (non-hydrogen) atoms. The molecular formula is C22H19N3O2S. The van der Waals surface area contributed by atoms with Crippen molar-refractivity contribution in [2.45, 2.75) is 24.3 Å². The summed E-state index contributed by atoms with van der Waals surface area (Å²) in [6, 6.07) is 20.3. The van der Waals surface area contributed by atoms with E-state index in [-0.39, 0.29) is 4.90 Å². The molecule has 1 aliphatic rings. The van der Waals surface area contributed by atoms with E-state index in [4.69, 9.17) is 0 Å². The Morgan fingerprint density at radius 2 is 1.71 bits per heavy atom. The van der Waals surface area contributed by atoms with Gasteiger partial charge >= 0.3 is 0 Å². The summed E-state index contributed by atoms with van der Waals surface area (Å²) in [7, 11) is -3.65. The van der Waals surface area contributed by atoms with Crippen molar-refractivity contribution >= 4 is 26.5 Å². The highest BCUT2D eigenvalue weighted by Crippen LogP contribution is 2.27. The molecule has 0 radical (unpaired) electrons. The lowest BCUT2D eigenvalue weighted by Crippen LogP contribution is -2.12. The number of rotatable bonds is 4. The summed E-state index contributed by atoms with van der Waals surface area (Å²) in [4.78, 5) is 4.72. The zero-order chi connectivity index (χ0) is 19.1. The standard InChI is InChI=1S/C22H19N3O2S/c26-28(27,20-12-9-16-4-1-2-5-18(16)14-20)24-19-10-7-17(8-11-19)21-15-23-22-6-3-13-25(21)22/h1-2,4-5,7-12,14-15,24H,3,6,13H2. The third kappa shape index (κ3) is 2.96. The number of aromatic nitrogens is 2. The van der Waals surface area contributed by atoms with E-state index < -0.39 is 10.0 Å². The maximum atomic E-state index is 12.8. The molecule has 6 heteroatoms. The number of anilines is 1. The lowest BCUT2D eigenvalue weighted by atomic mass is 10.1. The second-order valence-corrected chi connectivity index (χ2v) is 8.69. The van der Waals surface area contributed by atoms with Gasteiger partial charge in [0.05, 0.1) is 16.8 Å². The van der Waals surface area contributed by atoms with Gasteiger partial charge in [0.1, 0.15) is 5.82 Å². The van der Waals surface area contributed by atoms with E-state index in [0.717, 1.165) is 47.2 Å². The van der Waals surface area contributed by atoms with Gasteiger partial charge in [-0.05, 0) is 47.0 Å². The summed E-state index contributed by atoms with van der Waals surface area (Å²) < 4.78 is 30.5. The van der Waals surface area contributed by atoms with Gasteiger partial charge in [0.15, 0.2) is 0 Å². The Bertz CT molecular complexity index is 1270. The fraction of sp³-hybridized carbons (Fsp3) is 0.136. The zero-order valence-electron chi connectivity index (χ0n) is 15.2. The molecule has 0 bridgehead atoms. The molecule has 0 amide bonds. The minimum atomic E-state index is -3.65. The molecule has 3 aromatic carbocycles. The normalized spacial score (nSPS) is 13.6. The highest BCUT2D eigenvalue weighted by Gasteiger charge is 2.17. The van der Waals surface area contributed by atoms with Gasteiger partial charge in [0.25, 0.3) is 10.0 Å². The third-order valence-corrected chi connectivity index (χ3v) is 6.56. The predicted octanol–water partition coefficient (Wildman–Crippen LogP) is 4.45. The number of sulfonamides is 1. The van der Waals surface area contributed by atoms with Gasteiger partial charge in [-0.1, -0.05) is 42.5 Å². The molecule has 1 aromatic heterocycles. The van der Waals surface area contributed by atoms with E-state index in [0.29, 0.717) is 5.69 Å². The molecule has 1 aliphatic heterocycles. The maximum absolute atomic E-state index is 12.8. The van der Waals surface area contributed by atoms with Gasteiger partial charge in [0.2, 0.25) is 0 Å². The van der Waals surface area contributed by atoms with Gasteiger partial charge in [0, 0.05) is 18.7 Å². The molecule has 0 aliphatic carbocycles. The highest BCUT2D eigenvalue weighted by atomic mass is 32.2. The van der Waals surface area contributed by atoms with Gasteiger partial charge < -0.3 is 4.57 Å². The van der Waals surface area contributed by atoms with Gasteiger partial charge in [-0.3, -0.25) is 4.72 Å². The van der Waals surface area contributed by atoms with E-state index in [1.165, 1.54) is 0 Å². The molecule has 0 fully saturated rings. The van der Waals surface area contributed by atoms with E-state index >= 15 is 0 Å². The molecule has 0 unspecified atom stereocenters. The Kier molecular flexibility index (Phi) is 3.94. The first-order valence-electron chi connectivity index (χ1n) is 9.27. The fourth-order valence-corrected chi connectivity index (χ4v) is 4.84. The molecule has 1 N–H and O–H groups in total. The molecule has 140 valence electrons. The van der Waals surface area contributed by atoms with Crippen molar-refractivity contribution in [1.82, 2.24) is 9.55 Å². The van der Waals surface area contributed by atoms with E-state index in [1.807, 2.05) is 48.7 Å². The molecule has 5 nitrogen and oxygen atoms in total. The predicted molar refractivity (Wildman–Crippen MR) is 111 cm³/mol. The van der Waals surface area contributed by atoms with Crippen molar-refractivity contribution in [3.8, 4) is 11.3 Å². The molecule has 5 rings (SSSR count). The second kappa shape index (κ2) is 6.49. The van der Waals surface area contributed by atoms with Gasteiger partial charge in [-0.15, -0.1) is 0 Å². The van der Waals surface area contributed by atoms with Crippen LogP contribution in [0.25, 0.3) is 22.0 Å². The number of aryl methyl sites for hydroxylation is 1. The van der Waals surface area contributed by atoms with Crippen LogP contribution in [0.2, 0.25) is 0 Å². The van der Waals surface area contributed by atoms with Crippen LogP contribution >= 0.6 is 0 Å². The van der Waals surface area contributed by atoms with Crippen LogP contribution in [-0.4, -0.2) is 18.0 Å². The average molecular weight is 389 g/mol. The van der Waals surface area contributed by atoms with Crippen molar-refractivity contribution in [3.05, 3.63) is 78.8 Å². The van der Waals surface area contributed by atoms with Gasteiger partial charge in [-0.25, -0.2) is 13.4 Å². The van der Waals surface area contributed by atoms with E-state index in [1.54, 1.807) is 24.3 Å². The maximum Gasteiger partial charge on any atom is 0.261 e. The van der Waals surface area contributed by atoms with Crippen LogP contribution in [0.3, 0.4) is 0 Å². The minimum Gasteiger partial charge on any atom is -0.328 e. The number of imidazole rings is 1. The molecule has 0 saturated heterocycles. The Balaban J connectivity index is 1.41. The minimum absolute atomic E-state index is 0.254. The number of nitrogens with zero attached hydrogens (tertiary/aromatic N) is 2. The van der Waals surface area contributed by atoms with Crippen molar-refractivity contribution in [2.24, 2.45) is 0 Å². The quantitative estimate of drug-likeness (QED) is 0.561. The first-order valence-corrected chi connectivity index (χ1v) is 10.7. The van der Waals surface area contributed by atoms with E-state index in [9.17, 15) is 8.42 Å². The van der Waals surface area contributed by atoms with Crippen LogP contribution in [0, 0.1) is 0 Å². The number of benzene rings is 3. The summed E-state index contributed by atoms with van der Waals surface area (Å²) in [5.41, 5.74) is 2.66. The number of fused-ring (bicyclic) bond motifs is 2. The van der Waals surface area contributed by atoms with Crippen LogP contribution in [-0.2, 0) is 23.0 Å².